The molecule has 5 rings (SSSR count). The van der Waals surface area contributed by atoms with E-state index in [4.69, 9.17) is 11.6 Å². The molecule has 2 amide bonds. The summed E-state index contributed by atoms with van der Waals surface area (Å²) >= 11 is 6.73. The first-order chi connectivity index (χ1) is 18.7. The largest absolute Gasteiger partial charge is 0.384 e. The van der Waals surface area contributed by atoms with Gasteiger partial charge in [0, 0.05) is 30.8 Å². The van der Waals surface area contributed by atoms with Crippen molar-refractivity contribution >= 4 is 61.7 Å². The number of ketones is 1. The minimum atomic E-state index is -3.76. The van der Waals surface area contributed by atoms with Gasteiger partial charge >= 0.3 is 0 Å². The lowest BCUT2D eigenvalue weighted by atomic mass is 9.97. The predicted molar refractivity (Wildman–Crippen MR) is 153 cm³/mol. The molecule has 1 fully saturated rings. The summed E-state index contributed by atoms with van der Waals surface area (Å²) < 4.78 is 25.3. The second-order valence-electron chi connectivity index (χ2n) is 9.76. The Hall–Kier alpha value is -3.05. The van der Waals surface area contributed by atoms with Crippen LogP contribution in [-0.4, -0.2) is 62.8 Å². The van der Waals surface area contributed by atoms with Crippen molar-refractivity contribution in [2.75, 3.05) is 42.1 Å². The SMILES string of the molecule is O=C(Cc1ccc(N2C(=O)Cc3cc(NCCN4CCCC4)ccc3C2=O)cc1)CS(=O)(=O)c1ccc(Cl)s1. The number of thiophene rings is 1. The van der Waals surface area contributed by atoms with E-state index in [0.717, 1.165) is 48.1 Å². The number of nitrogens with one attached hydrogen (secondary N) is 1. The maximum Gasteiger partial charge on any atom is 0.265 e. The number of likely N-dealkylation sites (tertiary alicyclic amines) is 1. The number of halogens is 1. The molecule has 2 aromatic carbocycles. The second kappa shape index (κ2) is 11.6. The molecular formula is C28H28ClN3O5S2. The summed E-state index contributed by atoms with van der Waals surface area (Å²) in [6, 6.07) is 14.8. The number of sulfone groups is 1. The lowest BCUT2D eigenvalue weighted by molar-refractivity contribution is -0.118. The normalized spacial score (nSPS) is 16.0. The minimum absolute atomic E-state index is 0.0589. The summed E-state index contributed by atoms with van der Waals surface area (Å²) in [6.07, 6.45) is 2.51. The number of hydrogen-bond donors (Lipinski definition) is 1. The summed E-state index contributed by atoms with van der Waals surface area (Å²) in [5.74, 6) is -1.81. The first kappa shape index (κ1) is 27.5. The third kappa shape index (κ3) is 6.41. The molecular weight excluding hydrogens is 558 g/mol. The van der Waals surface area contributed by atoms with Crippen LogP contribution in [0.25, 0.3) is 0 Å². The lowest BCUT2D eigenvalue weighted by Crippen LogP contribution is -2.42. The number of hydrogen-bond acceptors (Lipinski definition) is 8. The Morgan fingerprint density at radius 3 is 2.44 bits per heavy atom. The Kier molecular flexibility index (Phi) is 8.18. The third-order valence-electron chi connectivity index (χ3n) is 6.89. The van der Waals surface area contributed by atoms with Crippen molar-refractivity contribution in [2.45, 2.75) is 29.9 Å². The van der Waals surface area contributed by atoms with Crippen LogP contribution < -0.4 is 10.2 Å². The second-order valence-corrected chi connectivity index (χ2v) is 13.7. The summed E-state index contributed by atoms with van der Waals surface area (Å²) in [6.45, 7) is 4.03. The van der Waals surface area contributed by atoms with E-state index in [1.165, 1.54) is 25.0 Å². The highest BCUT2D eigenvalue weighted by Crippen LogP contribution is 2.29. The van der Waals surface area contributed by atoms with Gasteiger partial charge in [-0.1, -0.05) is 23.7 Å². The topological polar surface area (TPSA) is 104 Å². The molecule has 1 N–H and O–H groups in total. The molecule has 204 valence electrons. The average Bonchev–Trinajstić information content (AvgIpc) is 3.57. The Morgan fingerprint density at radius 1 is 1.00 bits per heavy atom. The number of rotatable bonds is 10. The van der Waals surface area contributed by atoms with Crippen molar-refractivity contribution in [3.63, 3.8) is 0 Å². The van der Waals surface area contributed by atoms with Crippen LogP contribution in [0.3, 0.4) is 0 Å². The molecule has 0 aliphatic carbocycles. The van der Waals surface area contributed by atoms with Crippen molar-refractivity contribution in [3.05, 3.63) is 75.6 Å². The summed E-state index contributed by atoms with van der Waals surface area (Å²) in [5, 5.41) is 3.39. The number of anilines is 2. The van der Waals surface area contributed by atoms with Crippen molar-refractivity contribution in [1.82, 2.24) is 4.90 Å². The molecule has 11 heteroatoms. The van der Waals surface area contributed by atoms with Gasteiger partial charge in [-0.3, -0.25) is 14.4 Å². The molecule has 0 saturated carbocycles. The standard InChI is InChI=1S/C28H28ClN3O5S2/c29-25-9-10-27(38-25)39(36,37)18-23(33)15-19-3-6-22(7-4-19)32-26(34)17-20-16-21(5-8-24(20)28(32)35)30-11-14-31-12-1-2-13-31/h3-10,16,30H,1-2,11-15,17-18H2. The van der Waals surface area contributed by atoms with E-state index in [1.807, 2.05) is 12.1 Å². The number of Topliss-reactive ketones (excluding diaryl/α,β-unsaturated/α-hetero) is 1. The molecule has 1 saturated heterocycles. The monoisotopic (exact) mass is 585 g/mol. The number of fused-ring (bicyclic) bond motifs is 1. The van der Waals surface area contributed by atoms with Crippen molar-refractivity contribution in [2.24, 2.45) is 0 Å². The number of nitrogens with zero attached hydrogens (tertiary/aromatic N) is 2. The molecule has 0 atom stereocenters. The highest BCUT2D eigenvalue weighted by Gasteiger charge is 2.32. The Balaban J connectivity index is 1.21. The van der Waals surface area contributed by atoms with Gasteiger partial charge in [-0.05, 0) is 79.5 Å². The van der Waals surface area contributed by atoms with Crippen LogP contribution >= 0.6 is 22.9 Å². The maximum absolute atomic E-state index is 13.2. The van der Waals surface area contributed by atoms with Crippen LogP contribution in [0, 0.1) is 0 Å². The van der Waals surface area contributed by atoms with E-state index in [1.54, 1.807) is 30.3 Å². The van der Waals surface area contributed by atoms with Crippen molar-refractivity contribution < 1.29 is 22.8 Å². The molecule has 2 aliphatic rings. The Morgan fingerprint density at radius 2 is 1.74 bits per heavy atom. The van der Waals surface area contributed by atoms with Crippen LogP contribution in [-0.2, 0) is 32.3 Å². The quantitative estimate of drug-likeness (QED) is 0.355. The number of amides is 2. The summed E-state index contributed by atoms with van der Waals surface area (Å²) in [5.41, 5.74) is 3.06. The van der Waals surface area contributed by atoms with E-state index in [9.17, 15) is 22.8 Å². The van der Waals surface area contributed by atoms with Crippen LogP contribution in [0.5, 0.6) is 0 Å². The zero-order valence-electron chi connectivity index (χ0n) is 21.2. The molecule has 3 aromatic rings. The Labute approximate surface area is 236 Å². The van der Waals surface area contributed by atoms with E-state index in [2.05, 4.69) is 10.2 Å². The van der Waals surface area contributed by atoms with Gasteiger partial charge in [-0.15, -0.1) is 11.3 Å². The van der Waals surface area contributed by atoms with Gasteiger partial charge in [0.05, 0.1) is 16.4 Å². The first-order valence-corrected chi connectivity index (χ1v) is 15.6. The fourth-order valence-corrected chi connectivity index (χ4v) is 7.76. The molecule has 8 nitrogen and oxygen atoms in total. The van der Waals surface area contributed by atoms with Gasteiger partial charge in [0.15, 0.2) is 15.6 Å². The predicted octanol–water partition coefficient (Wildman–Crippen LogP) is 4.22. The smallest absolute Gasteiger partial charge is 0.265 e. The number of carbonyl (C=O) groups excluding carboxylic acids is 3. The lowest BCUT2D eigenvalue weighted by Gasteiger charge is -2.27. The van der Waals surface area contributed by atoms with Crippen LogP contribution in [0.2, 0.25) is 4.34 Å². The third-order valence-corrected chi connectivity index (χ3v) is 10.4. The van der Waals surface area contributed by atoms with Crippen LogP contribution in [0.15, 0.2) is 58.8 Å². The highest BCUT2D eigenvalue weighted by atomic mass is 35.5. The number of imide groups is 1. The zero-order valence-corrected chi connectivity index (χ0v) is 23.6. The van der Waals surface area contributed by atoms with E-state index >= 15 is 0 Å². The average molecular weight is 586 g/mol. The fraction of sp³-hybridized carbons (Fsp3) is 0.321. The molecule has 0 bridgehead atoms. The molecule has 3 heterocycles. The summed E-state index contributed by atoms with van der Waals surface area (Å²) in [4.78, 5) is 42.2. The fourth-order valence-electron chi connectivity index (χ4n) is 4.95. The number of benzene rings is 2. The van der Waals surface area contributed by atoms with Crippen LogP contribution in [0.1, 0.15) is 34.3 Å². The van der Waals surface area contributed by atoms with Crippen LogP contribution in [0.4, 0.5) is 11.4 Å². The molecule has 0 radical (unpaired) electrons. The summed E-state index contributed by atoms with van der Waals surface area (Å²) in [7, 11) is -3.76. The maximum atomic E-state index is 13.2. The van der Waals surface area contributed by atoms with E-state index < -0.39 is 27.3 Å². The molecule has 0 spiro atoms. The Bertz CT molecular complexity index is 1510. The van der Waals surface area contributed by atoms with Crippen molar-refractivity contribution in [3.8, 4) is 0 Å². The number of carbonyl (C=O) groups is 3. The highest BCUT2D eigenvalue weighted by molar-refractivity contribution is 7.94. The van der Waals surface area contributed by atoms with Gasteiger partial charge < -0.3 is 10.2 Å². The first-order valence-electron chi connectivity index (χ1n) is 12.7. The van der Waals surface area contributed by atoms with Gasteiger partial charge in [-0.25, -0.2) is 13.3 Å². The van der Waals surface area contributed by atoms with Gasteiger partial charge in [-0.2, -0.15) is 0 Å². The molecule has 2 aliphatic heterocycles. The van der Waals surface area contributed by atoms with E-state index in [-0.39, 0.29) is 23.0 Å². The minimum Gasteiger partial charge on any atom is -0.384 e. The molecule has 0 unspecified atom stereocenters. The molecule has 39 heavy (non-hydrogen) atoms. The van der Waals surface area contributed by atoms with Gasteiger partial charge in [0.25, 0.3) is 5.91 Å². The van der Waals surface area contributed by atoms with Crippen molar-refractivity contribution in [1.29, 1.82) is 0 Å². The van der Waals surface area contributed by atoms with E-state index in [0.29, 0.717) is 26.7 Å². The zero-order chi connectivity index (χ0) is 27.6. The molecule has 1 aromatic heterocycles. The van der Waals surface area contributed by atoms with Gasteiger partial charge in [0.2, 0.25) is 5.91 Å². The van der Waals surface area contributed by atoms with Gasteiger partial charge in [0.1, 0.15) is 9.96 Å².